The fourth-order valence-electron chi connectivity index (χ4n) is 3.24. The molecular weight excluding hydrogens is 290 g/mol. The largest absolute Gasteiger partial charge is 0.496 e. The number of fused-ring (bicyclic) bond motifs is 1. The summed E-state index contributed by atoms with van der Waals surface area (Å²) in [5.74, 6) is 0.844. The maximum absolute atomic E-state index is 12.5. The fourth-order valence-corrected chi connectivity index (χ4v) is 3.24. The number of hydrogen-bond acceptors (Lipinski definition) is 3. The van der Waals surface area contributed by atoms with Crippen LogP contribution in [0.1, 0.15) is 42.5 Å². The Kier molecular flexibility index (Phi) is 4.65. The number of aromatic nitrogens is 2. The number of carbonyl (C=O) groups excluding carboxylic acids is 1. The normalized spacial score (nSPS) is 14.3. The van der Waals surface area contributed by atoms with Crippen LogP contribution in [-0.4, -0.2) is 22.8 Å². The van der Waals surface area contributed by atoms with E-state index in [0.29, 0.717) is 13.0 Å². The Morgan fingerprint density at radius 1 is 1.39 bits per heavy atom. The van der Waals surface area contributed by atoms with Crippen molar-refractivity contribution in [3.63, 3.8) is 0 Å². The molecule has 2 aromatic rings. The van der Waals surface area contributed by atoms with E-state index in [-0.39, 0.29) is 11.9 Å². The van der Waals surface area contributed by atoms with Crippen molar-refractivity contribution in [2.45, 2.75) is 45.2 Å². The maximum atomic E-state index is 12.5. The lowest BCUT2D eigenvalue weighted by molar-refractivity contribution is -0.124. The Morgan fingerprint density at radius 2 is 2.17 bits per heavy atom. The third-order valence-corrected chi connectivity index (χ3v) is 4.48. The molecule has 122 valence electrons. The highest BCUT2D eigenvalue weighted by Crippen LogP contribution is 2.29. The van der Waals surface area contributed by atoms with Crippen molar-refractivity contribution in [1.82, 2.24) is 15.1 Å². The molecule has 0 saturated carbocycles. The van der Waals surface area contributed by atoms with Crippen molar-refractivity contribution >= 4 is 5.91 Å². The van der Waals surface area contributed by atoms with Crippen LogP contribution in [-0.2, 0) is 24.2 Å². The summed E-state index contributed by atoms with van der Waals surface area (Å²) in [5, 5.41) is 7.20. The Bertz CT molecular complexity index is 680. The van der Waals surface area contributed by atoms with Crippen LogP contribution in [0.3, 0.4) is 0 Å². The van der Waals surface area contributed by atoms with Crippen LogP contribution in [0.25, 0.3) is 0 Å². The summed E-state index contributed by atoms with van der Waals surface area (Å²) in [4.78, 5) is 12.5. The van der Waals surface area contributed by atoms with Crippen LogP contribution in [0.4, 0.5) is 0 Å². The number of benzene rings is 1. The van der Waals surface area contributed by atoms with Gasteiger partial charge in [0.15, 0.2) is 0 Å². The van der Waals surface area contributed by atoms with Crippen LogP contribution < -0.4 is 10.1 Å². The van der Waals surface area contributed by atoms with Crippen molar-refractivity contribution in [3.05, 3.63) is 47.3 Å². The lowest BCUT2D eigenvalue weighted by Crippen LogP contribution is -2.32. The van der Waals surface area contributed by atoms with Gasteiger partial charge >= 0.3 is 0 Å². The molecule has 0 fully saturated rings. The fraction of sp³-hybridized carbons (Fsp3) is 0.444. The molecule has 1 amide bonds. The molecule has 5 heteroatoms. The zero-order valence-electron chi connectivity index (χ0n) is 13.7. The van der Waals surface area contributed by atoms with Gasteiger partial charge in [-0.3, -0.25) is 9.48 Å². The van der Waals surface area contributed by atoms with Crippen LogP contribution in [0, 0.1) is 0 Å². The monoisotopic (exact) mass is 313 g/mol. The second kappa shape index (κ2) is 6.86. The molecule has 1 N–H and O–H groups in total. The average molecular weight is 313 g/mol. The SMILES string of the molecule is CCC(C(=O)NCc1cc2c(cc1OC)CCC2)n1cccn1. The summed E-state index contributed by atoms with van der Waals surface area (Å²) in [6.45, 7) is 2.47. The number of nitrogens with one attached hydrogen (secondary N) is 1. The summed E-state index contributed by atoms with van der Waals surface area (Å²) >= 11 is 0. The lowest BCUT2D eigenvalue weighted by atomic mass is 10.0. The van der Waals surface area contributed by atoms with E-state index < -0.39 is 0 Å². The molecule has 5 nitrogen and oxygen atoms in total. The van der Waals surface area contributed by atoms with Crippen LogP contribution in [0.15, 0.2) is 30.6 Å². The van der Waals surface area contributed by atoms with Gasteiger partial charge in [0.1, 0.15) is 11.8 Å². The van der Waals surface area contributed by atoms with E-state index in [2.05, 4.69) is 22.5 Å². The van der Waals surface area contributed by atoms with E-state index >= 15 is 0 Å². The second-order valence-corrected chi connectivity index (χ2v) is 5.91. The Labute approximate surface area is 136 Å². The van der Waals surface area contributed by atoms with Gasteiger partial charge in [-0.05, 0) is 48.9 Å². The molecule has 0 saturated heterocycles. The molecule has 23 heavy (non-hydrogen) atoms. The topological polar surface area (TPSA) is 56.1 Å². The number of aryl methyl sites for hydroxylation is 2. The third-order valence-electron chi connectivity index (χ3n) is 4.48. The summed E-state index contributed by atoms with van der Waals surface area (Å²) in [6, 6.07) is 5.86. The molecule has 0 aliphatic heterocycles. The smallest absolute Gasteiger partial charge is 0.245 e. The van der Waals surface area contributed by atoms with Gasteiger partial charge in [-0.2, -0.15) is 5.10 Å². The minimum Gasteiger partial charge on any atom is -0.496 e. The van der Waals surface area contributed by atoms with E-state index in [1.165, 1.54) is 17.5 Å². The molecule has 1 unspecified atom stereocenters. The Hall–Kier alpha value is -2.30. The molecule has 0 spiro atoms. The van der Waals surface area contributed by atoms with Gasteiger partial charge in [0, 0.05) is 24.5 Å². The number of rotatable bonds is 6. The van der Waals surface area contributed by atoms with Crippen molar-refractivity contribution in [2.24, 2.45) is 0 Å². The number of amides is 1. The first kappa shape index (κ1) is 15.6. The van der Waals surface area contributed by atoms with Gasteiger partial charge in [-0.25, -0.2) is 0 Å². The van der Waals surface area contributed by atoms with E-state index in [9.17, 15) is 4.79 Å². The molecule has 1 aliphatic rings. The third kappa shape index (κ3) is 3.23. The van der Waals surface area contributed by atoms with E-state index in [0.717, 1.165) is 24.2 Å². The van der Waals surface area contributed by atoms with Crippen molar-refractivity contribution in [2.75, 3.05) is 7.11 Å². The highest BCUT2D eigenvalue weighted by Gasteiger charge is 2.20. The molecule has 3 rings (SSSR count). The summed E-state index contributed by atoms with van der Waals surface area (Å²) in [5.41, 5.74) is 3.80. The predicted molar refractivity (Wildman–Crippen MR) is 88.4 cm³/mol. The summed E-state index contributed by atoms with van der Waals surface area (Å²) < 4.78 is 7.20. The summed E-state index contributed by atoms with van der Waals surface area (Å²) in [6.07, 6.45) is 7.66. The Balaban J connectivity index is 1.71. The standard InChI is InChI=1S/C18H23N3O2/c1-3-16(21-9-5-8-20-21)18(22)19-12-15-10-13-6-4-7-14(13)11-17(15)23-2/h5,8-11,16H,3-4,6-7,12H2,1-2H3,(H,19,22). The van der Waals surface area contributed by atoms with Gasteiger partial charge < -0.3 is 10.1 Å². The molecular formula is C18H23N3O2. The molecule has 1 aromatic heterocycles. The number of ether oxygens (including phenoxy) is 1. The molecule has 1 atom stereocenters. The van der Waals surface area contributed by atoms with Crippen LogP contribution >= 0.6 is 0 Å². The second-order valence-electron chi connectivity index (χ2n) is 5.91. The first-order valence-electron chi connectivity index (χ1n) is 8.18. The first-order valence-corrected chi connectivity index (χ1v) is 8.18. The molecule has 1 aromatic carbocycles. The van der Waals surface area contributed by atoms with Gasteiger partial charge in [-0.1, -0.05) is 13.0 Å². The lowest BCUT2D eigenvalue weighted by Gasteiger charge is -2.17. The van der Waals surface area contributed by atoms with Crippen LogP contribution in [0.2, 0.25) is 0 Å². The van der Waals surface area contributed by atoms with E-state index in [1.807, 2.05) is 19.2 Å². The molecule has 0 radical (unpaired) electrons. The van der Waals surface area contributed by atoms with Crippen molar-refractivity contribution < 1.29 is 9.53 Å². The number of nitrogens with zero attached hydrogens (tertiary/aromatic N) is 2. The van der Waals surface area contributed by atoms with Gasteiger partial charge in [0.2, 0.25) is 5.91 Å². The molecule has 1 aliphatic carbocycles. The van der Waals surface area contributed by atoms with Crippen LogP contribution in [0.5, 0.6) is 5.75 Å². The highest BCUT2D eigenvalue weighted by atomic mass is 16.5. The minimum absolute atomic E-state index is 0.0150. The van der Waals surface area contributed by atoms with Gasteiger partial charge in [0.05, 0.1) is 7.11 Å². The maximum Gasteiger partial charge on any atom is 0.245 e. The van der Waals surface area contributed by atoms with Gasteiger partial charge in [-0.15, -0.1) is 0 Å². The summed E-state index contributed by atoms with van der Waals surface area (Å²) in [7, 11) is 1.68. The molecule has 1 heterocycles. The van der Waals surface area contributed by atoms with Crippen molar-refractivity contribution in [1.29, 1.82) is 0 Å². The van der Waals surface area contributed by atoms with E-state index in [4.69, 9.17) is 4.74 Å². The van der Waals surface area contributed by atoms with E-state index in [1.54, 1.807) is 18.0 Å². The average Bonchev–Trinajstić information content (AvgIpc) is 3.23. The number of hydrogen-bond donors (Lipinski definition) is 1. The predicted octanol–water partition coefficient (Wildman–Crippen LogP) is 2.65. The molecule has 0 bridgehead atoms. The van der Waals surface area contributed by atoms with Crippen molar-refractivity contribution in [3.8, 4) is 5.75 Å². The number of methoxy groups -OCH3 is 1. The zero-order chi connectivity index (χ0) is 16.2. The number of carbonyl (C=O) groups is 1. The quantitative estimate of drug-likeness (QED) is 0.892. The highest BCUT2D eigenvalue weighted by molar-refractivity contribution is 5.80. The van der Waals surface area contributed by atoms with Gasteiger partial charge in [0.25, 0.3) is 0 Å². The zero-order valence-corrected chi connectivity index (χ0v) is 13.7. The Morgan fingerprint density at radius 3 is 2.83 bits per heavy atom. The first-order chi connectivity index (χ1) is 11.2. The minimum atomic E-state index is -0.273.